The standard InChI is InChI=1S/C21H21N7OS/c1-28-12-15(10-24-28)13-2-3-17-18(8-13)30-21(26-17)27-19-9-14(4-7-23-19)20(29)25-16-5-6-22-11-16/h2-4,7-10,12,16,22H,5-6,11H2,1H3,(H,25,29)(H,23,26,27). The SMILES string of the molecule is Cn1cc(-c2ccc3nc(Nc4cc(C(=O)NC5CCNC5)ccn4)sc3c2)cn1. The van der Waals surface area contributed by atoms with Gasteiger partial charge in [0.25, 0.3) is 5.91 Å². The van der Waals surface area contributed by atoms with Gasteiger partial charge in [-0.1, -0.05) is 17.4 Å². The van der Waals surface area contributed by atoms with Crippen LogP contribution in [0.15, 0.2) is 48.9 Å². The van der Waals surface area contributed by atoms with Crippen molar-refractivity contribution < 1.29 is 4.79 Å². The number of carbonyl (C=O) groups excluding carboxylic acids is 1. The summed E-state index contributed by atoms with van der Waals surface area (Å²) in [7, 11) is 1.91. The lowest BCUT2D eigenvalue weighted by atomic mass is 10.1. The van der Waals surface area contributed by atoms with Crippen LogP contribution in [0.25, 0.3) is 21.3 Å². The minimum atomic E-state index is -0.0837. The van der Waals surface area contributed by atoms with Gasteiger partial charge in [-0.2, -0.15) is 5.10 Å². The van der Waals surface area contributed by atoms with Crippen LogP contribution in [0, 0.1) is 0 Å². The molecule has 1 aromatic carbocycles. The van der Waals surface area contributed by atoms with Crippen molar-refractivity contribution in [1.82, 2.24) is 30.4 Å². The molecule has 1 aliphatic rings. The first kappa shape index (κ1) is 18.7. The number of carbonyl (C=O) groups is 1. The van der Waals surface area contributed by atoms with Crippen LogP contribution >= 0.6 is 11.3 Å². The Kier molecular flexibility index (Phi) is 4.89. The minimum Gasteiger partial charge on any atom is -0.348 e. The highest BCUT2D eigenvalue weighted by Gasteiger charge is 2.18. The number of fused-ring (bicyclic) bond motifs is 1. The fourth-order valence-electron chi connectivity index (χ4n) is 3.52. The van der Waals surface area contributed by atoms with E-state index >= 15 is 0 Å². The molecule has 4 aromatic rings. The van der Waals surface area contributed by atoms with Crippen LogP contribution in [-0.2, 0) is 7.05 Å². The second kappa shape index (κ2) is 7.85. The maximum atomic E-state index is 12.5. The fraction of sp³-hybridized carbons (Fsp3) is 0.238. The molecule has 4 heterocycles. The number of amides is 1. The number of benzene rings is 1. The average Bonchev–Trinajstić information content (AvgIpc) is 3.48. The van der Waals surface area contributed by atoms with Crippen molar-refractivity contribution >= 4 is 38.4 Å². The molecule has 0 aliphatic carbocycles. The number of nitrogens with zero attached hydrogens (tertiary/aromatic N) is 4. The van der Waals surface area contributed by atoms with Crippen molar-refractivity contribution in [3.05, 3.63) is 54.5 Å². The lowest BCUT2D eigenvalue weighted by Gasteiger charge is -2.11. The average molecular weight is 420 g/mol. The zero-order chi connectivity index (χ0) is 20.5. The molecule has 152 valence electrons. The highest BCUT2D eigenvalue weighted by Crippen LogP contribution is 2.31. The molecule has 0 radical (unpaired) electrons. The third-order valence-electron chi connectivity index (χ3n) is 5.08. The van der Waals surface area contributed by atoms with Crippen LogP contribution in [0.4, 0.5) is 10.9 Å². The van der Waals surface area contributed by atoms with Gasteiger partial charge in [0.1, 0.15) is 5.82 Å². The minimum absolute atomic E-state index is 0.0837. The first-order valence-corrected chi connectivity index (χ1v) is 10.6. The predicted molar refractivity (Wildman–Crippen MR) is 118 cm³/mol. The van der Waals surface area contributed by atoms with E-state index in [9.17, 15) is 4.79 Å². The molecule has 1 saturated heterocycles. The summed E-state index contributed by atoms with van der Waals surface area (Å²) in [5.74, 6) is 0.512. The van der Waals surface area contributed by atoms with Crippen molar-refractivity contribution in [2.75, 3.05) is 18.4 Å². The van der Waals surface area contributed by atoms with Crippen molar-refractivity contribution in [2.45, 2.75) is 12.5 Å². The number of pyridine rings is 1. The van der Waals surface area contributed by atoms with Crippen LogP contribution in [0.3, 0.4) is 0 Å². The second-order valence-corrected chi connectivity index (χ2v) is 8.35. The molecule has 1 aliphatic heterocycles. The van der Waals surface area contributed by atoms with Crippen molar-refractivity contribution in [1.29, 1.82) is 0 Å². The molecule has 5 rings (SSSR count). The molecule has 0 spiro atoms. The number of hydrogen-bond acceptors (Lipinski definition) is 7. The molecule has 1 atom stereocenters. The van der Waals surface area contributed by atoms with Gasteiger partial charge in [0.15, 0.2) is 5.13 Å². The van der Waals surface area contributed by atoms with E-state index < -0.39 is 0 Å². The molecule has 0 bridgehead atoms. The monoisotopic (exact) mass is 419 g/mol. The zero-order valence-corrected chi connectivity index (χ0v) is 17.2. The number of thiazole rings is 1. The number of rotatable bonds is 5. The predicted octanol–water partition coefficient (Wildman–Crippen LogP) is 2.93. The molecule has 3 aromatic heterocycles. The van der Waals surface area contributed by atoms with Crippen LogP contribution in [-0.4, -0.2) is 44.8 Å². The largest absolute Gasteiger partial charge is 0.348 e. The topological polar surface area (TPSA) is 96.8 Å². The highest BCUT2D eigenvalue weighted by molar-refractivity contribution is 7.22. The molecule has 1 amide bonds. The fourth-order valence-corrected chi connectivity index (χ4v) is 4.44. The summed E-state index contributed by atoms with van der Waals surface area (Å²) in [5, 5.41) is 14.5. The van der Waals surface area contributed by atoms with E-state index in [-0.39, 0.29) is 11.9 Å². The van der Waals surface area contributed by atoms with E-state index in [1.807, 2.05) is 31.6 Å². The van der Waals surface area contributed by atoms with Crippen LogP contribution in [0.1, 0.15) is 16.8 Å². The maximum Gasteiger partial charge on any atom is 0.251 e. The van der Waals surface area contributed by atoms with Crippen LogP contribution < -0.4 is 16.0 Å². The summed E-state index contributed by atoms with van der Waals surface area (Å²) in [6, 6.07) is 9.82. The smallest absolute Gasteiger partial charge is 0.251 e. The van der Waals surface area contributed by atoms with Gasteiger partial charge in [-0.3, -0.25) is 9.48 Å². The Morgan fingerprint density at radius 3 is 3.00 bits per heavy atom. The third-order valence-corrected chi connectivity index (χ3v) is 6.01. The summed E-state index contributed by atoms with van der Waals surface area (Å²) in [4.78, 5) is 21.5. The number of hydrogen-bond donors (Lipinski definition) is 3. The van der Waals surface area contributed by atoms with Crippen molar-refractivity contribution in [3.63, 3.8) is 0 Å². The Morgan fingerprint density at radius 1 is 1.27 bits per heavy atom. The molecule has 3 N–H and O–H groups in total. The van der Waals surface area contributed by atoms with Crippen LogP contribution in [0.5, 0.6) is 0 Å². The number of aryl methyl sites for hydroxylation is 1. The lowest BCUT2D eigenvalue weighted by molar-refractivity contribution is 0.0940. The van der Waals surface area contributed by atoms with Gasteiger partial charge in [-0.25, -0.2) is 9.97 Å². The quantitative estimate of drug-likeness (QED) is 0.460. The van der Waals surface area contributed by atoms with Gasteiger partial charge >= 0.3 is 0 Å². The van der Waals surface area contributed by atoms with E-state index in [1.54, 1.807) is 34.3 Å². The van der Waals surface area contributed by atoms with Crippen molar-refractivity contribution in [3.8, 4) is 11.1 Å². The van der Waals surface area contributed by atoms with Gasteiger partial charge < -0.3 is 16.0 Å². The van der Waals surface area contributed by atoms with Gasteiger partial charge in [-0.05, 0) is 42.8 Å². The first-order valence-electron chi connectivity index (χ1n) is 9.78. The third kappa shape index (κ3) is 3.89. The van der Waals surface area contributed by atoms with Crippen molar-refractivity contribution in [2.24, 2.45) is 7.05 Å². The Bertz CT molecular complexity index is 1210. The molecule has 9 heteroatoms. The Labute approximate surface area is 177 Å². The molecular formula is C21H21N7OS. The van der Waals surface area contributed by atoms with Gasteiger partial charge in [0.2, 0.25) is 0 Å². The summed E-state index contributed by atoms with van der Waals surface area (Å²) in [5.41, 5.74) is 3.67. The second-order valence-electron chi connectivity index (χ2n) is 7.32. The molecular weight excluding hydrogens is 398 g/mol. The van der Waals surface area contributed by atoms with Crippen LogP contribution in [0.2, 0.25) is 0 Å². The van der Waals surface area contributed by atoms with E-state index in [1.165, 1.54) is 0 Å². The van der Waals surface area contributed by atoms with E-state index in [4.69, 9.17) is 0 Å². The summed E-state index contributed by atoms with van der Waals surface area (Å²) in [6.07, 6.45) is 6.43. The highest BCUT2D eigenvalue weighted by atomic mass is 32.1. The molecule has 1 unspecified atom stereocenters. The molecule has 30 heavy (non-hydrogen) atoms. The Balaban J connectivity index is 1.34. The molecule has 1 fully saturated rings. The molecule has 0 saturated carbocycles. The van der Waals surface area contributed by atoms with E-state index in [0.29, 0.717) is 11.4 Å². The zero-order valence-electron chi connectivity index (χ0n) is 16.4. The first-order chi connectivity index (χ1) is 14.6. The number of nitrogens with one attached hydrogen (secondary N) is 3. The number of anilines is 2. The summed E-state index contributed by atoms with van der Waals surface area (Å²) in [6.45, 7) is 1.75. The summed E-state index contributed by atoms with van der Waals surface area (Å²) < 4.78 is 2.86. The lowest BCUT2D eigenvalue weighted by Crippen LogP contribution is -2.36. The van der Waals surface area contributed by atoms with Gasteiger partial charge in [0.05, 0.1) is 16.4 Å². The maximum absolute atomic E-state index is 12.5. The molecule has 8 nitrogen and oxygen atoms in total. The summed E-state index contributed by atoms with van der Waals surface area (Å²) >= 11 is 1.55. The van der Waals surface area contributed by atoms with E-state index in [2.05, 4.69) is 37.1 Å². The Hall–Kier alpha value is -3.30. The van der Waals surface area contributed by atoms with Gasteiger partial charge in [0, 0.05) is 43.2 Å². The Morgan fingerprint density at radius 2 is 2.20 bits per heavy atom. The number of aromatic nitrogens is 4. The normalized spacial score (nSPS) is 16.1. The van der Waals surface area contributed by atoms with E-state index in [0.717, 1.165) is 46.0 Å². The van der Waals surface area contributed by atoms with Gasteiger partial charge in [-0.15, -0.1) is 0 Å².